The van der Waals surface area contributed by atoms with Gasteiger partial charge in [0.25, 0.3) is 0 Å². The SMILES string of the molecule is Nc1nc(Nc2ccc(N3CCOCC3)cc2)nn1-c1cc(Cl)ncn1. The van der Waals surface area contributed by atoms with E-state index in [1.807, 2.05) is 12.1 Å². The molecule has 1 aliphatic heterocycles. The van der Waals surface area contributed by atoms with Gasteiger partial charge in [0, 0.05) is 30.5 Å². The number of rotatable bonds is 4. The van der Waals surface area contributed by atoms with Crippen molar-refractivity contribution in [2.75, 3.05) is 42.3 Å². The van der Waals surface area contributed by atoms with Crippen LogP contribution in [0.25, 0.3) is 5.82 Å². The fraction of sp³-hybridized carbons (Fsp3) is 0.250. The number of morpholine rings is 1. The zero-order valence-corrected chi connectivity index (χ0v) is 14.6. The van der Waals surface area contributed by atoms with Gasteiger partial charge in [-0.2, -0.15) is 9.67 Å². The van der Waals surface area contributed by atoms with Crippen LogP contribution in [0.15, 0.2) is 36.7 Å². The minimum absolute atomic E-state index is 0.201. The molecule has 0 aliphatic carbocycles. The van der Waals surface area contributed by atoms with Crippen molar-refractivity contribution in [2.45, 2.75) is 0 Å². The zero-order valence-electron chi connectivity index (χ0n) is 13.8. The highest BCUT2D eigenvalue weighted by molar-refractivity contribution is 6.29. The summed E-state index contributed by atoms with van der Waals surface area (Å²) in [5.41, 5.74) is 7.95. The molecule has 3 heterocycles. The average Bonchev–Trinajstić information content (AvgIpc) is 3.03. The molecule has 9 nitrogen and oxygen atoms in total. The zero-order chi connectivity index (χ0) is 17.9. The Morgan fingerprint density at radius 3 is 2.62 bits per heavy atom. The van der Waals surface area contributed by atoms with Crippen molar-refractivity contribution in [3.05, 3.63) is 41.8 Å². The van der Waals surface area contributed by atoms with Gasteiger partial charge in [0.15, 0.2) is 5.82 Å². The van der Waals surface area contributed by atoms with Gasteiger partial charge in [0.05, 0.1) is 13.2 Å². The fourth-order valence-corrected chi connectivity index (χ4v) is 2.83. The molecule has 4 rings (SSSR count). The first-order valence-electron chi connectivity index (χ1n) is 8.09. The summed E-state index contributed by atoms with van der Waals surface area (Å²) >= 11 is 5.88. The monoisotopic (exact) mass is 372 g/mol. The molecule has 1 fully saturated rings. The second-order valence-electron chi connectivity index (χ2n) is 5.68. The second kappa shape index (κ2) is 7.14. The Morgan fingerprint density at radius 1 is 1.12 bits per heavy atom. The average molecular weight is 373 g/mol. The number of hydrogen-bond acceptors (Lipinski definition) is 8. The predicted octanol–water partition coefficient (Wildman–Crippen LogP) is 1.87. The summed E-state index contributed by atoms with van der Waals surface area (Å²) in [4.78, 5) is 14.4. The van der Waals surface area contributed by atoms with E-state index >= 15 is 0 Å². The van der Waals surface area contributed by atoms with Gasteiger partial charge < -0.3 is 20.7 Å². The number of nitrogens with two attached hydrogens (primary N) is 1. The maximum absolute atomic E-state index is 5.93. The summed E-state index contributed by atoms with van der Waals surface area (Å²) in [6.45, 7) is 3.31. The van der Waals surface area contributed by atoms with E-state index in [1.54, 1.807) is 6.07 Å². The van der Waals surface area contributed by atoms with Crippen molar-refractivity contribution in [3.8, 4) is 5.82 Å². The van der Waals surface area contributed by atoms with Gasteiger partial charge in [-0.25, -0.2) is 9.97 Å². The van der Waals surface area contributed by atoms with Crippen molar-refractivity contribution >= 4 is 34.9 Å². The van der Waals surface area contributed by atoms with Crippen LogP contribution < -0.4 is 16.0 Å². The lowest BCUT2D eigenvalue weighted by atomic mass is 10.2. The lowest BCUT2D eigenvalue weighted by molar-refractivity contribution is 0.122. The van der Waals surface area contributed by atoms with Gasteiger partial charge in [0.2, 0.25) is 11.9 Å². The molecule has 0 atom stereocenters. The molecule has 2 aromatic heterocycles. The number of benzene rings is 1. The van der Waals surface area contributed by atoms with Gasteiger partial charge in [-0.3, -0.25) is 0 Å². The number of nitrogens with one attached hydrogen (secondary N) is 1. The molecule has 3 N–H and O–H groups in total. The molecule has 134 valence electrons. The smallest absolute Gasteiger partial charge is 0.248 e. The van der Waals surface area contributed by atoms with Crippen LogP contribution in [0, 0.1) is 0 Å². The minimum Gasteiger partial charge on any atom is -0.378 e. The Morgan fingerprint density at radius 2 is 1.88 bits per heavy atom. The van der Waals surface area contributed by atoms with Crippen molar-refractivity contribution < 1.29 is 4.74 Å². The van der Waals surface area contributed by atoms with Crippen molar-refractivity contribution in [3.63, 3.8) is 0 Å². The van der Waals surface area contributed by atoms with Crippen molar-refractivity contribution in [2.24, 2.45) is 0 Å². The number of anilines is 4. The summed E-state index contributed by atoms with van der Waals surface area (Å²) in [5, 5.41) is 7.76. The van der Waals surface area contributed by atoms with Crippen molar-refractivity contribution in [1.29, 1.82) is 0 Å². The molecule has 1 aromatic carbocycles. The molecule has 0 spiro atoms. The molecule has 0 amide bonds. The quantitative estimate of drug-likeness (QED) is 0.668. The van der Waals surface area contributed by atoms with E-state index < -0.39 is 0 Å². The minimum atomic E-state index is 0.201. The molecule has 1 saturated heterocycles. The van der Waals surface area contributed by atoms with E-state index in [2.05, 4.69) is 42.4 Å². The van der Waals surface area contributed by atoms with Crippen LogP contribution in [0.2, 0.25) is 5.15 Å². The third-order valence-electron chi connectivity index (χ3n) is 3.97. The highest BCUT2D eigenvalue weighted by atomic mass is 35.5. The van der Waals surface area contributed by atoms with Crippen LogP contribution in [-0.2, 0) is 4.74 Å². The van der Waals surface area contributed by atoms with Crippen LogP contribution >= 0.6 is 11.6 Å². The van der Waals surface area contributed by atoms with Gasteiger partial charge >= 0.3 is 0 Å². The third-order valence-corrected chi connectivity index (χ3v) is 4.17. The van der Waals surface area contributed by atoms with Crippen molar-refractivity contribution in [1.82, 2.24) is 24.7 Å². The molecular formula is C16H17ClN8O. The Balaban J connectivity index is 1.50. The molecule has 0 saturated carbocycles. The summed E-state index contributed by atoms with van der Waals surface area (Å²) < 4.78 is 6.78. The van der Waals surface area contributed by atoms with Gasteiger partial charge in [0.1, 0.15) is 11.5 Å². The first-order chi connectivity index (χ1) is 12.7. The second-order valence-corrected chi connectivity index (χ2v) is 6.06. The number of hydrogen-bond donors (Lipinski definition) is 2. The molecule has 0 unspecified atom stereocenters. The predicted molar refractivity (Wildman–Crippen MR) is 99.1 cm³/mol. The van der Waals surface area contributed by atoms with Crippen LogP contribution in [-0.4, -0.2) is 51.0 Å². The lowest BCUT2D eigenvalue weighted by Gasteiger charge is -2.28. The fourth-order valence-electron chi connectivity index (χ4n) is 2.69. The Hall–Kier alpha value is -2.91. The van der Waals surface area contributed by atoms with E-state index in [9.17, 15) is 0 Å². The van der Waals surface area contributed by atoms with E-state index in [1.165, 1.54) is 11.0 Å². The Bertz CT molecular complexity index is 892. The normalized spacial score (nSPS) is 14.4. The largest absolute Gasteiger partial charge is 0.378 e. The lowest BCUT2D eigenvalue weighted by Crippen LogP contribution is -2.36. The van der Waals surface area contributed by atoms with Gasteiger partial charge in [-0.05, 0) is 24.3 Å². The maximum Gasteiger partial charge on any atom is 0.248 e. The number of aromatic nitrogens is 5. The van der Waals surface area contributed by atoms with Crippen LogP contribution in [0.5, 0.6) is 0 Å². The van der Waals surface area contributed by atoms with E-state index in [0.29, 0.717) is 16.9 Å². The van der Waals surface area contributed by atoms with Gasteiger partial charge in [-0.15, -0.1) is 5.10 Å². The molecule has 26 heavy (non-hydrogen) atoms. The Kier molecular flexibility index (Phi) is 4.55. The first kappa shape index (κ1) is 16.6. The molecular weight excluding hydrogens is 356 g/mol. The molecule has 3 aromatic rings. The highest BCUT2D eigenvalue weighted by Crippen LogP contribution is 2.22. The van der Waals surface area contributed by atoms with E-state index in [-0.39, 0.29) is 5.95 Å². The van der Waals surface area contributed by atoms with E-state index in [0.717, 1.165) is 37.7 Å². The summed E-state index contributed by atoms with van der Waals surface area (Å²) in [7, 11) is 0. The summed E-state index contributed by atoms with van der Waals surface area (Å²) in [5.74, 6) is 1.02. The third kappa shape index (κ3) is 3.53. The number of ether oxygens (including phenoxy) is 1. The maximum atomic E-state index is 5.93. The topological polar surface area (TPSA) is 107 Å². The number of nitrogens with zero attached hydrogens (tertiary/aromatic N) is 6. The Labute approximate surface area is 154 Å². The van der Waals surface area contributed by atoms with Crippen LogP contribution in [0.3, 0.4) is 0 Å². The molecule has 10 heteroatoms. The van der Waals surface area contributed by atoms with E-state index in [4.69, 9.17) is 22.1 Å². The van der Waals surface area contributed by atoms with Gasteiger partial charge in [-0.1, -0.05) is 11.6 Å². The van der Waals surface area contributed by atoms with Crippen LogP contribution in [0.4, 0.5) is 23.3 Å². The standard InChI is InChI=1S/C16H17ClN8O/c17-13-9-14(20-10-19-13)25-15(18)22-16(23-25)21-11-1-3-12(4-2-11)24-5-7-26-8-6-24/h1-4,9-10H,5-8H2,(H3,18,21,22,23). The summed E-state index contributed by atoms with van der Waals surface area (Å²) in [6, 6.07) is 9.62. The first-order valence-corrected chi connectivity index (χ1v) is 8.47. The molecule has 1 aliphatic rings. The number of nitrogen functional groups attached to an aromatic ring is 1. The highest BCUT2D eigenvalue weighted by Gasteiger charge is 2.13. The molecule has 0 bridgehead atoms. The summed E-state index contributed by atoms with van der Waals surface area (Å²) in [6.07, 6.45) is 1.34. The number of halogens is 1. The molecule has 0 radical (unpaired) electrons. The van der Waals surface area contributed by atoms with Crippen LogP contribution in [0.1, 0.15) is 0 Å².